The monoisotopic (exact) mass is 556 g/mol. The molecule has 0 spiro atoms. The van der Waals surface area contributed by atoms with Gasteiger partial charge < -0.3 is 43.4 Å². The Bertz CT molecular complexity index is 1220. The molecular formula is C26H32N6O8. The fourth-order valence-electron chi connectivity index (χ4n) is 3.67. The summed E-state index contributed by atoms with van der Waals surface area (Å²) in [4.78, 5) is 73.3. The van der Waals surface area contributed by atoms with Gasteiger partial charge in [-0.3, -0.25) is 24.0 Å². The zero-order valence-electron chi connectivity index (χ0n) is 21.4. The Hall–Kier alpha value is -4.98. The molecule has 5 amide bonds. The minimum absolute atomic E-state index is 0.0153. The van der Waals surface area contributed by atoms with Gasteiger partial charge in [-0.15, -0.1) is 0 Å². The molecule has 0 saturated carbocycles. The molecule has 40 heavy (non-hydrogen) atoms. The Labute approximate surface area is 229 Å². The van der Waals surface area contributed by atoms with Crippen molar-refractivity contribution in [1.82, 2.24) is 16.0 Å². The number of carbonyl (C=O) groups excluding carboxylic acids is 5. The molecule has 11 N–H and O–H groups in total. The predicted octanol–water partition coefficient (Wildman–Crippen LogP) is -2.21. The highest BCUT2D eigenvalue weighted by atomic mass is 16.4. The van der Waals surface area contributed by atoms with Crippen LogP contribution in [-0.4, -0.2) is 69.9 Å². The minimum Gasteiger partial charge on any atom is -0.508 e. The second-order valence-corrected chi connectivity index (χ2v) is 9.03. The van der Waals surface area contributed by atoms with E-state index >= 15 is 0 Å². The average Bonchev–Trinajstić information content (AvgIpc) is 2.88. The van der Waals surface area contributed by atoms with Crippen molar-refractivity contribution in [2.75, 3.05) is 0 Å². The van der Waals surface area contributed by atoms with Crippen LogP contribution in [0.25, 0.3) is 0 Å². The van der Waals surface area contributed by atoms with E-state index in [1.165, 1.54) is 24.3 Å². The standard InChI is InChI=1S/C26H32N6O8/c27-17(12-21(28)34)23(36)30-19(13-22(29)35)25(38)31-18(10-14-4-2-1-3-5-14)24(37)32-20(26(39)40)11-15-6-8-16(33)9-7-15/h1-9,17-20,33H,10-13,27H2,(H2,28,34)(H2,29,35)(H,30,36)(H,31,38)(H,32,37)(H,39,40). The van der Waals surface area contributed by atoms with Crippen molar-refractivity contribution >= 4 is 35.5 Å². The summed E-state index contributed by atoms with van der Waals surface area (Å²) in [6.45, 7) is 0. The van der Waals surface area contributed by atoms with Crippen molar-refractivity contribution in [3.8, 4) is 5.75 Å². The van der Waals surface area contributed by atoms with E-state index in [2.05, 4.69) is 16.0 Å². The third-order valence-electron chi connectivity index (χ3n) is 5.70. The van der Waals surface area contributed by atoms with E-state index in [0.29, 0.717) is 11.1 Å². The van der Waals surface area contributed by atoms with E-state index in [4.69, 9.17) is 17.2 Å². The van der Waals surface area contributed by atoms with Gasteiger partial charge in [-0.05, 0) is 23.3 Å². The SMILES string of the molecule is NC(=O)CC(N)C(=O)NC(CC(N)=O)C(=O)NC(Cc1ccccc1)C(=O)NC(Cc1ccc(O)cc1)C(=O)O. The molecule has 2 rings (SSSR count). The molecule has 0 fully saturated rings. The van der Waals surface area contributed by atoms with E-state index in [1.807, 2.05) is 0 Å². The van der Waals surface area contributed by atoms with E-state index in [-0.39, 0.29) is 18.6 Å². The number of benzene rings is 2. The Balaban J connectivity index is 2.26. The Morgan fingerprint density at radius 2 is 1.12 bits per heavy atom. The smallest absolute Gasteiger partial charge is 0.326 e. The summed E-state index contributed by atoms with van der Waals surface area (Å²) in [5.74, 6) is -5.94. The number of rotatable bonds is 15. The van der Waals surface area contributed by atoms with E-state index < -0.39 is 72.5 Å². The minimum atomic E-state index is -1.55. The molecule has 0 heterocycles. The van der Waals surface area contributed by atoms with Gasteiger partial charge in [-0.1, -0.05) is 42.5 Å². The summed E-state index contributed by atoms with van der Waals surface area (Å²) in [6.07, 6.45) is -1.36. The molecule has 4 atom stereocenters. The van der Waals surface area contributed by atoms with Gasteiger partial charge in [-0.2, -0.15) is 0 Å². The number of aromatic hydroxyl groups is 1. The van der Waals surface area contributed by atoms with Crippen LogP contribution in [0.4, 0.5) is 0 Å². The van der Waals surface area contributed by atoms with Gasteiger partial charge in [0.2, 0.25) is 29.5 Å². The number of primary amides is 2. The number of phenols is 1. The van der Waals surface area contributed by atoms with Crippen LogP contribution in [0, 0.1) is 0 Å². The summed E-state index contributed by atoms with van der Waals surface area (Å²) in [5, 5.41) is 26.2. The van der Waals surface area contributed by atoms with Crippen LogP contribution in [0.15, 0.2) is 54.6 Å². The maximum absolute atomic E-state index is 13.3. The Morgan fingerprint density at radius 1 is 0.650 bits per heavy atom. The van der Waals surface area contributed by atoms with Gasteiger partial charge in [0.1, 0.15) is 23.9 Å². The average molecular weight is 557 g/mol. The molecular weight excluding hydrogens is 524 g/mol. The van der Waals surface area contributed by atoms with Crippen molar-refractivity contribution in [2.24, 2.45) is 17.2 Å². The number of hydrogen-bond acceptors (Lipinski definition) is 8. The van der Waals surface area contributed by atoms with E-state index in [0.717, 1.165) is 0 Å². The zero-order chi connectivity index (χ0) is 29.8. The maximum atomic E-state index is 13.3. The summed E-state index contributed by atoms with van der Waals surface area (Å²) >= 11 is 0. The van der Waals surface area contributed by atoms with Gasteiger partial charge in [0.05, 0.1) is 18.9 Å². The second kappa shape index (κ2) is 14.8. The Kier molecular flexibility index (Phi) is 11.6. The predicted molar refractivity (Wildman–Crippen MR) is 141 cm³/mol. The summed E-state index contributed by atoms with van der Waals surface area (Å²) in [5.41, 5.74) is 17.0. The molecule has 0 aliphatic rings. The third kappa shape index (κ3) is 10.4. The van der Waals surface area contributed by atoms with Gasteiger partial charge in [-0.25, -0.2) is 4.79 Å². The normalized spacial score (nSPS) is 13.6. The molecule has 2 aromatic carbocycles. The molecule has 0 aliphatic heterocycles. The second-order valence-electron chi connectivity index (χ2n) is 9.03. The number of hydrogen-bond donors (Lipinski definition) is 8. The largest absolute Gasteiger partial charge is 0.508 e. The first kappa shape index (κ1) is 31.2. The number of amides is 5. The highest BCUT2D eigenvalue weighted by molar-refractivity contribution is 5.97. The van der Waals surface area contributed by atoms with Crippen molar-refractivity contribution in [3.05, 3.63) is 65.7 Å². The molecule has 14 heteroatoms. The number of carbonyl (C=O) groups is 6. The number of carboxylic acid groups (broad SMARTS) is 1. The highest BCUT2D eigenvalue weighted by Crippen LogP contribution is 2.12. The lowest BCUT2D eigenvalue weighted by atomic mass is 10.0. The summed E-state index contributed by atoms with van der Waals surface area (Å²) < 4.78 is 0. The maximum Gasteiger partial charge on any atom is 0.326 e. The van der Waals surface area contributed by atoms with Gasteiger partial charge in [0.15, 0.2) is 0 Å². The Morgan fingerprint density at radius 3 is 1.68 bits per heavy atom. The van der Waals surface area contributed by atoms with Crippen LogP contribution in [0.2, 0.25) is 0 Å². The van der Waals surface area contributed by atoms with Crippen molar-refractivity contribution in [3.63, 3.8) is 0 Å². The van der Waals surface area contributed by atoms with Gasteiger partial charge in [0, 0.05) is 12.8 Å². The quantitative estimate of drug-likeness (QED) is 0.118. The topological polar surface area (TPSA) is 257 Å². The van der Waals surface area contributed by atoms with E-state index in [9.17, 15) is 39.0 Å². The highest BCUT2D eigenvalue weighted by Gasteiger charge is 2.31. The third-order valence-corrected chi connectivity index (χ3v) is 5.70. The molecule has 14 nitrogen and oxygen atoms in total. The van der Waals surface area contributed by atoms with Crippen LogP contribution in [0.1, 0.15) is 24.0 Å². The van der Waals surface area contributed by atoms with Gasteiger partial charge in [0.25, 0.3) is 0 Å². The summed E-state index contributed by atoms with van der Waals surface area (Å²) in [7, 11) is 0. The van der Waals surface area contributed by atoms with Crippen LogP contribution in [-0.2, 0) is 41.6 Å². The van der Waals surface area contributed by atoms with Gasteiger partial charge >= 0.3 is 5.97 Å². The number of carboxylic acids is 1. The first-order chi connectivity index (χ1) is 18.8. The van der Waals surface area contributed by atoms with Crippen molar-refractivity contribution in [2.45, 2.75) is 49.9 Å². The number of nitrogens with one attached hydrogen (secondary N) is 3. The van der Waals surface area contributed by atoms with Crippen molar-refractivity contribution < 1.29 is 39.0 Å². The first-order valence-corrected chi connectivity index (χ1v) is 12.1. The lowest BCUT2D eigenvalue weighted by molar-refractivity contribution is -0.142. The number of aliphatic carboxylic acids is 1. The van der Waals surface area contributed by atoms with E-state index in [1.54, 1.807) is 30.3 Å². The molecule has 0 aliphatic carbocycles. The lowest BCUT2D eigenvalue weighted by Crippen LogP contribution is -2.58. The number of phenolic OH excluding ortho intramolecular Hbond substituents is 1. The first-order valence-electron chi connectivity index (χ1n) is 12.1. The van der Waals surface area contributed by atoms with Crippen LogP contribution in [0.3, 0.4) is 0 Å². The molecule has 214 valence electrons. The molecule has 0 bridgehead atoms. The van der Waals surface area contributed by atoms with Crippen LogP contribution in [0.5, 0.6) is 5.75 Å². The molecule has 0 aromatic heterocycles. The number of nitrogens with two attached hydrogens (primary N) is 3. The van der Waals surface area contributed by atoms with Crippen LogP contribution >= 0.6 is 0 Å². The molecule has 2 aromatic rings. The van der Waals surface area contributed by atoms with Crippen molar-refractivity contribution in [1.29, 1.82) is 0 Å². The molecule has 4 unspecified atom stereocenters. The zero-order valence-corrected chi connectivity index (χ0v) is 21.4. The lowest BCUT2D eigenvalue weighted by Gasteiger charge is -2.25. The van der Waals surface area contributed by atoms with Crippen LogP contribution < -0.4 is 33.2 Å². The molecule has 0 saturated heterocycles. The fraction of sp³-hybridized carbons (Fsp3) is 0.308. The summed E-state index contributed by atoms with van der Waals surface area (Å²) in [6, 6.07) is 8.58. The molecule has 0 radical (unpaired) electrons. The fourth-order valence-corrected chi connectivity index (χ4v) is 3.67.